The zero-order valence-corrected chi connectivity index (χ0v) is 15.7. The number of rotatable bonds is 3. The molecular formula is C23H23NO4. The fraction of sp³-hybridized carbons (Fsp3) is 0.391. The van der Waals surface area contributed by atoms with Crippen molar-refractivity contribution in [3.05, 3.63) is 64.7 Å². The van der Waals surface area contributed by atoms with Gasteiger partial charge in [-0.05, 0) is 84.4 Å². The van der Waals surface area contributed by atoms with E-state index in [0.717, 1.165) is 5.69 Å². The van der Waals surface area contributed by atoms with Crippen LogP contribution in [0.5, 0.6) is 0 Å². The Labute approximate surface area is 163 Å². The molecule has 0 saturated heterocycles. The number of nitrogens with one attached hydrogen (secondary N) is 1. The fourth-order valence-electron chi connectivity index (χ4n) is 5.89. The number of hydrogen-bond acceptors (Lipinski definition) is 4. The second kappa shape index (κ2) is 6.36. The number of carbonyl (C=O) groups is 2. The first-order valence-corrected chi connectivity index (χ1v) is 9.89. The highest BCUT2D eigenvalue weighted by Crippen LogP contribution is 2.63. The average Bonchev–Trinajstić information content (AvgIpc) is 3.35. The van der Waals surface area contributed by atoms with E-state index in [2.05, 4.69) is 5.32 Å². The number of fused-ring (bicyclic) bond motifs is 7. The Balaban J connectivity index is 1.55. The van der Waals surface area contributed by atoms with Crippen LogP contribution in [0.15, 0.2) is 42.5 Å². The predicted octanol–water partition coefficient (Wildman–Crippen LogP) is 4.47. The van der Waals surface area contributed by atoms with E-state index < -0.39 is 5.97 Å². The molecule has 0 unspecified atom stereocenters. The van der Waals surface area contributed by atoms with Crippen LogP contribution in [0.4, 0.5) is 5.69 Å². The van der Waals surface area contributed by atoms with Gasteiger partial charge in [0, 0.05) is 5.69 Å². The summed E-state index contributed by atoms with van der Waals surface area (Å²) in [5.74, 6) is 0.959. The number of benzene rings is 2. The molecule has 5 atom stereocenters. The third kappa shape index (κ3) is 2.53. The Morgan fingerprint density at radius 1 is 1.04 bits per heavy atom. The molecular weight excluding hydrogens is 354 g/mol. The second-order valence-corrected chi connectivity index (χ2v) is 8.28. The molecule has 2 saturated carbocycles. The number of carbonyl (C=O) groups excluding carboxylic acids is 1. The van der Waals surface area contributed by atoms with Crippen LogP contribution < -0.4 is 5.32 Å². The number of carboxylic acid groups (broad SMARTS) is 1. The van der Waals surface area contributed by atoms with Crippen molar-refractivity contribution in [2.45, 2.75) is 31.2 Å². The summed E-state index contributed by atoms with van der Waals surface area (Å²) in [4.78, 5) is 23.2. The maximum Gasteiger partial charge on any atom is 0.337 e. The minimum absolute atomic E-state index is 0.176. The Morgan fingerprint density at radius 3 is 2.46 bits per heavy atom. The van der Waals surface area contributed by atoms with Gasteiger partial charge in [-0.15, -0.1) is 0 Å². The summed E-state index contributed by atoms with van der Waals surface area (Å²) >= 11 is 0. The number of methoxy groups -OCH3 is 1. The first-order valence-electron chi connectivity index (χ1n) is 9.89. The standard InChI is InChI=1S/C23H23NO4/c1-28-23(27)13-4-2-12(3-5-13)21-20-15-7-6-14(10-15)19(20)17-11-16(22(25)26)8-9-18(17)24-21/h2-5,8-9,11,14-15,19-21,24H,6-7,10H2,1H3,(H,25,26)/t14-,15-,19-,20+,21-/m0/s1. The van der Waals surface area contributed by atoms with Crippen LogP contribution in [-0.2, 0) is 4.74 Å². The molecule has 0 spiro atoms. The van der Waals surface area contributed by atoms with E-state index in [1.54, 1.807) is 6.07 Å². The molecule has 0 radical (unpaired) electrons. The van der Waals surface area contributed by atoms with Gasteiger partial charge in [0.2, 0.25) is 0 Å². The fourth-order valence-corrected chi connectivity index (χ4v) is 5.89. The zero-order chi connectivity index (χ0) is 19.4. The van der Waals surface area contributed by atoms with Crippen molar-refractivity contribution in [2.75, 3.05) is 12.4 Å². The topological polar surface area (TPSA) is 75.6 Å². The number of aromatic carboxylic acids is 1. The molecule has 2 N–H and O–H groups in total. The van der Waals surface area contributed by atoms with Gasteiger partial charge in [-0.2, -0.15) is 0 Å². The summed E-state index contributed by atoms with van der Waals surface area (Å²) in [6, 6.07) is 13.3. The highest BCUT2D eigenvalue weighted by Gasteiger charge is 2.53. The number of anilines is 1. The summed E-state index contributed by atoms with van der Waals surface area (Å²) in [5.41, 5.74) is 4.30. The van der Waals surface area contributed by atoms with Crippen LogP contribution in [0.25, 0.3) is 0 Å². The van der Waals surface area contributed by atoms with Crippen molar-refractivity contribution < 1.29 is 19.4 Å². The van der Waals surface area contributed by atoms with Crippen LogP contribution in [0.1, 0.15) is 63.1 Å². The lowest BCUT2D eigenvalue weighted by Gasteiger charge is -2.43. The second-order valence-electron chi connectivity index (χ2n) is 8.28. The molecule has 28 heavy (non-hydrogen) atoms. The maximum atomic E-state index is 11.8. The first-order chi connectivity index (χ1) is 13.6. The van der Waals surface area contributed by atoms with E-state index in [4.69, 9.17) is 4.74 Å². The van der Waals surface area contributed by atoms with Crippen LogP contribution in [0.3, 0.4) is 0 Å². The number of esters is 1. The van der Waals surface area contributed by atoms with E-state index in [0.29, 0.717) is 34.8 Å². The number of carboxylic acids is 1. The highest BCUT2D eigenvalue weighted by atomic mass is 16.5. The van der Waals surface area contributed by atoms with Crippen molar-refractivity contribution in [1.29, 1.82) is 0 Å². The van der Waals surface area contributed by atoms with Gasteiger partial charge >= 0.3 is 11.9 Å². The lowest BCUT2D eigenvalue weighted by molar-refractivity contribution is 0.0599. The molecule has 2 aliphatic carbocycles. The minimum Gasteiger partial charge on any atom is -0.478 e. The Hall–Kier alpha value is -2.82. The maximum absolute atomic E-state index is 11.8. The molecule has 1 heterocycles. The number of ether oxygens (including phenoxy) is 1. The highest BCUT2D eigenvalue weighted by molar-refractivity contribution is 5.89. The molecule has 5 nitrogen and oxygen atoms in total. The van der Waals surface area contributed by atoms with Gasteiger partial charge in [-0.3, -0.25) is 0 Å². The summed E-state index contributed by atoms with van der Waals surface area (Å²) in [6.07, 6.45) is 3.71. The van der Waals surface area contributed by atoms with E-state index in [9.17, 15) is 14.7 Å². The number of hydrogen-bond donors (Lipinski definition) is 2. The SMILES string of the molecule is COC(=O)c1ccc([C@@H]2Nc3ccc(C(=O)O)cc3[C@@H]3[C@H]4CC[C@@H](C4)[C@H]32)cc1. The molecule has 3 aliphatic rings. The monoisotopic (exact) mass is 377 g/mol. The normalized spacial score (nSPS) is 29.5. The van der Waals surface area contributed by atoms with E-state index in [1.807, 2.05) is 36.4 Å². The van der Waals surface area contributed by atoms with Crippen molar-refractivity contribution in [3.8, 4) is 0 Å². The summed E-state index contributed by atoms with van der Waals surface area (Å²) in [7, 11) is 1.39. The van der Waals surface area contributed by atoms with Crippen molar-refractivity contribution >= 4 is 17.6 Å². The molecule has 0 aromatic heterocycles. The van der Waals surface area contributed by atoms with Crippen molar-refractivity contribution in [3.63, 3.8) is 0 Å². The van der Waals surface area contributed by atoms with E-state index in [1.165, 1.54) is 37.5 Å². The van der Waals surface area contributed by atoms with Crippen LogP contribution in [0, 0.1) is 17.8 Å². The Morgan fingerprint density at radius 2 is 1.75 bits per heavy atom. The minimum atomic E-state index is -0.872. The quantitative estimate of drug-likeness (QED) is 0.772. The molecule has 144 valence electrons. The van der Waals surface area contributed by atoms with Crippen molar-refractivity contribution in [1.82, 2.24) is 0 Å². The Kier molecular flexibility index (Phi) is 3.93. The molecule has 1 aliphatic heterocycles. The van der Waals surface area contributed by atoms with Crippen molar-refractivity contribution in [2.24, 2.45) is 17.8 Å². The predicted molar refractivity (Wildman–Crippen MR) is 105 cm³/mol. The third-order valence-corrected chi connectivity index (χ3v) is 7.03. The molecule has 2 aromatic carbocycles. The molecule has 5 heteroatoms. The van der Waals surface area contributed by atoms with Gasteiger partial charge < -0.3 is 15.2 Å². The smallest absolute Gasteiger partial charge is 0.337 e. The van der Waals surface area contributed by atoms with Gasteiger partial charge in [-0.25, -0.2) is 9.59 Å². The van der Waals surface area contributed by atoms with Gasteiger partial charge in [0.05, 0.1) is 24.3 Å². The lowest BCUT2D eigenvalue weighted by atomic mass is 9.68. The average molecular weight is 377 g/mol. The van der Waals surface area contributed by atoms with Crippen LogP contribution >= 0.6 is 0 Å². The van der Waals surface area contributed by atoms with Crippen LogP contribution in [0.2, 0.25) is 0 Å². The largest absolute Gasteiger partial charge is 0.478 e. The lowest BCUT2D eigenvalue weighted by Crippen LogP contribution is -2.35. The third-order valence-electron chi connectivity index (χ3n) is 7.03. The zero-order valence-electron chi connectivity index (χ0n) is 15.7. The molecule has 2 bridgehead atoms. The molecule has 0 amide bonds. The van der Waals surface area contributed by atoms with Gasteiger partial charge in [0.15, 0.2) is 0 Å². The first kappa shape index (κ1) is 17.3. The summed E-state index contributed by atoms with van der Waals surface area (Å²) in [5, 5.41) is 13.1. The Bertz CT molecular complexity index is 952. The van der Waals surface area contributed by atoms with E-state index >= 15 is 0 Å². The van der Waals surface area contributed by atoms with E-state index in [-0.39, 0.29) is 12.0 Å². The van der Waals surface area contributed by atoms with Gasteiger partial charge in [0.25, 0.3) is 0 Å². The molecule has 2 fully saturated rings. The molecule has 2 aromatic rings. The molecule has 5 rings (SSSR count). The van der Waals surface area contributed by atoms with Gasteiger partial charge in [-0.1, -0.05) is 12.1 Å². The van der Waals surface area contributed by atoms with Gasteiger partial charge in [0.1, 0.15) is 0 Å². The van der Waals surface area contributed by atoms with Crippen LogP contribution in [-0.4, -0.2) is 24.2 Å². The summed E-state index contributed by atoms with van der Waals surface area (Å²) in [6.45, 7) is 0. The summed E-state index contributed by atoms with van der Waals surface area (Å²) < 4.78 is 4.81.